The number of ether oxygens (including phenoxy) is 3. The summed E-state index contributed by atoms with van der Waals surface area (Å²) in [6.07, 6.45) is -1.24. The van der Waals surface area contributed by atoms with Gasteiger partial charge in [0.2, 0.25) is 0 Å². The maximum Gasteiger partial charge on any atom is 0.172 e. The van der Waals surface area contributed by atoms with Gasteiger partial charge in [-0.15, -0.1) is 0 Å². The summed E-state index contributed by atoms with van der Waals surface area (Å²) < 4.78 is 31.3. The van der Waals surface area contributed by atoms with E-state index in [1.165, 1.54) is 12.1 Å². The maximum absolute atomic E-state index is 14.1. The van der Waals surface area contributed by atoms with Crippen LogP contribution in [0, 0.1) is 34.4 Å². The van der Waals surface area contributed by atoms with Crippen LogP contribution in [0.1, 0.15) is 25.5 Å². The molecule has 1 heterocycles. The summed E-state index contributed by atoms with van der Waals surface area (Å²) in [5, 5.41) is 9.55. The van der Waals surface area contributed by atoms with Gasteiger partial charge in [0.15, 0.2) is 24.0 Å². The van der Waals surface area contributed by atoms with E-state index in [0.717, 1.165) is 0 Å². The summed E-state index contributed by atoms with van der Waals surface area (Å²) in [6.45, 7) is 5.03. The quantitative estimate of drug-likeness (QED) is 0.773. The minimum atomic E-state index is -0.839. The van der Waals surface area contributed by atoms with Crippen molar-refractivity contribution in [3.63, 3.8) is 0 Å². The topological polar surface area (TPSA) is 51.5 Å². The van der Waals surface area contributed by atoms with Gasteiger partial charge in [-0.3, -0.25) is 0 Å². The molecule has 0 aromatic heterocycles. The molecule has 2 fully saturated rings. The lowest BCUT2D eigenvalue weighted by atomic mass is 10.1. The van der Waals surface area contributed by atoms with Crippen molar-refractivity contribution >= 4 is 0 Å². The first kappa shape index (κ1) is 17.0. The van der Waals surface area contributed by atoms with Gasteiger partial charge in [0.25, 0.3) is 0 Å². The Kier molecular flexibility index (Phi) is 4.18. The van der Waals surface area contributed by atoms with Crippen LogP contribution >= 0.6 is 0 Å². The van der Waals surface area contributed by atoms with E-state index < -0.39 is 18.2 Å². The third-order valence-electron chi connectivity index (χ3n) is 5.49. The first-order chi connectivity index (χ1) is 12.5. The van der Waals surface area contributed by atoms with Crippen LogP contribution in [-0.2, 0) is 9.47 Å². The monoisotopic (exact) mass is 353 g/mol. The molecule has 1 aliphatic heterocycles. The average Bonchev–Trinajstić information content (AvgIpc) is 2.97. The molecule has 0 spiro atoms. The Bertz CT molecular complexity index is 846. The van der Waals surface area contributed by atoms with Gasteiger partial charge >= 0.3 is 0 Å². The molecule has 1 saturated heterocycles. The number of nitriles is 1. The van der Waals surface area contributed by atoms with Crippen molar-refractivity contribution in [3.8, 4) is 17.6 Å². The van der Waals surface area contributed by atoms with Crippen LogP contribution in [-0.4, -0.2) is 12.9 Å². The highest BCUT2D eigenvalue weighted by Gasteiger charge is 2.66. The summed E-state index contributed by atoms with van der Waals surface area (Å²) in [7, 11) is 0. The first-order valence-electron chi connectivity index (χ1n) is 8.69. The Morgan fingerprint density at radius 2 is 2.00 bits per heavy atom. The van der Waals surface area contributed by atoms with Crippen molar-refractivity contribution in [1.29, 1.82) is 5.26 Å². The van der Waals surface area contributed by atoms with E-state index in [0.29, 0.717) is 29.8 Å². The summed E-state index contributed by atoms with van der Waals surface area (Å²) in [5.74, 6) is 0.889. The Balaban J connectivity index is 1.52. The van der Waals surface area contributed by atoms with Gasteiger partial charge < -0.3 is 14.2 Å². The zero-order valence-corrected chi connectivity index (χ0v) is 14.7. The third kappa shape index (κ3) is 2.96. The highest BCUT2D eigenvalue weighted by atomic mass is 19.1. The molecular formula is C21H20FNO3. The van der Waals surface area contributed by atoms with Gasteiger partial charge in [-0.05, 0) is 41.2 Å². The fourth-order valence-corrected chi connectivity index (χ4v) is 3.77. The lowest BCUT2D eigenvalue weighted by Crippen LogP contribution is -2.22. The van der Waals surface area contributed by atoms with E-state index in [-0.39, 0.29) is 11.2 Å². The number of para-hydroxylation sites is 1. The van der Waals surface area contributed by atoms with Crippen molar-refractivity contribution in [1.82, 2.24) is 0 Å². The maximum atomic E-state index is 14.1. The molecule has 1 unspecified atom stereocenters. The van der Waals surface area contributed by atoms with Gasteiger partial charge in [0.1, 0.15) is 5.75 Å². The van der Waals surface area contributed by atoms with Gasteiger partial charge in [-0.25, -0.2) is 4.39 Å². The number of halogens is 1. The molecule has 2 aromatic carbocycles. The zero-order chi connectivity index (χ0) is 18.3. The highest BCUT2D eigenvalue weighted by molar-refractivity contribution is 5.37. The Morgan fingerprint density at radius 3 is 2.65 bits per heavy atom. The van der Waals surface area contributed by atoms with Gasteiger partial charge in [-0.2, -0.15) is 5.26 Å². The second kappa shape index (κ2) is 6.39. The zero-order valence-electron chi connectivity index (χ0n) is 14.7. The van der Waals surface area contributed by atoms with Crippen LogP contribution in [0.3, 0.4) is 0 Å². The summed E-state index contributed by atoms with van der Waals surface area (Å²) in [5.41, 5.74) is 0.734. The van der Waals surface area contributed by atoms with E-state index in [1.54, 1.807) is 18.2 Å². The standard InChI is InChI=1S/C21H20FNO3/c1-21(2)15-12-24-20(19(15)21)26-18(11-23)13-8-9-16(22)17(10-13)25-14-6-4-3-5-7-14/h3-10,15,18-20H,12H2,1-2H3/t15-,18?,19-,20+/m0/s1. The van der Waals surface area contributed by atoms with E-state index >= 15 is 0 Å². The van der Waals surface area contributed by atoms with Gasteiger partial charge in [-0.1, -0.05) is 38.1 Å². The van der Waals surface area contributed by atoms with Crippen LogP contribution in [0.5, 0.6) is 11.5 Å². The molecule has 0 N–H and O–H groups in total. The number of rotatable bonds is 5. The van der Waals surface area contributed by atoms with Crippen LogP contribution in [0.2, 0.25) is 0 Å². The van der Waals surface area contributed by atoms with Crippen molar-refractivity contribution in [2.75, 3.05) is 6.61 Å². The van der Waals surface area contributed by atoms with E-state index in [9.17, 15) is 9.65 Å². The molecule has 0 amide bonds. The number of hydrogen-bond donors (Lipinski definition) is 0. The Hall–Kier alpha value is -2.42. The third-order valence-corrected chi connectivity index (χ3v) is 5.49. The fourth-order valence-electron chi connectivity index (χ4n) is 3.77. The molecule has 2 aliphatic rings. The minimum absolute atomic E-state index is 0.0644. The molecule has 4 rings (SSSR count). The molecular weight excluding hydrogens is 333 g/mol. The van der Waals surface area contributed by atoms with Gasteiger partial charge in [0, 0.05) is 5.92 Å². The lowest BCUT2D eigenvalue weighted by molar-refractivity contribution is -0.158. The van der Waals surface area contributed by atoms with Crippen LogP contribution in [0.15, 0.2) is 48.5 Å². The summed E-state index contributed by atoms with van der Waals surface area (Å²) in [4.78, 5) is 0. The van der Waals surface area contributed by atoms with Crippen LogP contribution in [0.4, 0.5) is 4.39 Å². The van der Waals surface area contributed by atoms with E-state index in [1.807, 2.05) is 18.2 Å². The second-order valence-electron chi connectivity index (χ2n) is 7.41. The molecule has 4 nitrogen and oxygen atoms in total. The molecule has 4 atom stereocenters. The van der Waals surface area contributed by atoms with E-state index in [2.05, 4.69) is 19.9 Å². The number of fused-ring (bicyclic) bond motifs is 1. The minimum Gasteiger partial charge on any atom is -0.454 e. The molecule has 1 aliphatic carbocycles. The summed E-state index contributed by atoms with van der Waals surface area (Å²) >= 11 is 0. The van der Waals surface area contributed by atoms with Crippen molar-refractivity contribution < 1.29 is 18.6 Å². The lowest BCUT2D eigenvalue weighted by Gasteiger charge is -2.22. The SMILES string of the molecule is CC1(C)[C@@H]2[C@@H](OC(C#N)c3ccc(F)c(Oc4ccccc4)c3)OC[C@@H]21. The molecule has 0 radical (unpaired) electrons. The number of hydrogen-bond acceptors (Lipinski definition) is 4. The molecule has 26 heavy (non-hydrogen) atoms. The van der Waals surface area contributed by atoms with Crippen molar-refractivity contribution in [2.24, 2.45) is 17.3 Å². The smallest absolute Gasteiger partial charge is 0.172 e. The van der Waals surface area contributed by atoms with Crippen LogP contribution in [0.25, 0.3) is 0 Å². The van der Waals surface area contributed by atoms with Gasteiger partial charge in [0.05, 0.1) is 12.7 Å². The normalized spacial score (nSPS) is 26.6. The van der Waals surface area contributed by atoms with Crippen molar-refractivity contribution in [2.45, 2.75) is 26.2 Å². The van der Waals surface area contributed by atoms with E-state index in [4.69, 9.17) is 14.2 Å². The van der Waals surface area contributed by atoms with Crippen molar-refractivity contribution in [3.05, 3.63) is 59.9 Å². The Morgan fingerprint density at radius 1 is 1.23 bits per heavy atom. The molecule has 134 valence electrons. The Labute approximate surface area is 152 Å². The number of benzene rings is 2. The van der Waals surface area contributed by atoms with Crippen LogP contribution < -0.4 is 4.74 Å². The molecule has 5 heteroatoms. The molecule has 2 aromatic rings. The number of nitrogens with zero attached hydrogens (tertiary/aromatic N) is 1. The summed E-state index contributed by atoms with van der Waals surface area (Å²) in [6, 6.07) is 15.5. The predicted octanol–water partition coefficient (Wildman–Crippen LogP) is 4.83. The second-order valence-corrected chi connectivity index (χ2v) is 7.41. The molecule has 1 saturated carbocycles. The largest absolute Gasteiger partial charge is 0.454 e. The molecule has 0 bridgehead atoms. The fraction of sp³-hybridized carbons (Fsp3) is 0.381. The first-order valence-corrected chi connectivity index (χ1v) is 8.69. The highest BCUT2D eigenvalue weighted by Crippen LogP contribution is 2.64. The predicted molar refractivity (Wildman–Crippen MR) is 92.9 cm³/mol. The average molecular weight is 353 g/mol.